The van der Waals surface area contributed by atoms with Gasteiger partial charge < -0.3 is 4.74 Å². The molecule has 7 heteroatoms. The average Bonchev–Trinajstić information content (AvgIpc) is 3.01. The van der Waals surface area contributed by atoms with Crippen molar-refractivity contribution in [3.05, 3.63) is 51.4 Å². The number of alkyl halides is 3. The van der Waals surface area contributed by atoms with Crippen molar-refractivity contribution in [1.29, 1.82) is 0 Å². The van der Waals surface area contributed by atoms with Gasteiger partial charge in [0, 0.05) is 18.0 Å². The van der Waals surface area contributed by atoms with Crippen LogP contribution in [0.25, 0.3) is 0 Å². The van der Waals surface area contributed by atoms with Crippen molar-refractivity contribution in [2.45, 2.75) is 57.9 Å². The Balaban J connectivity index is 1.67. The second-order valence-corrected chi connectivity index (χ2v) is 8.49. The van der Waals surface area contributed by atoms with Crippen LogP contribution in [0.5, 0.6) is 5.75 Å². The summed E-state index contributed by atoms with van der Waals surface area (Å²) in [6.45, 7) is 7.05. The number of nitrogens with zero attached hydrogens (tertiary/aromatic N) is 2. The summed E-state index contributed by atoms with van der Waals surface area (Å²) >= 11 is 0. The molecular weight excluding hydrogens is 357 g/mol. The van der Waals surface area contributed by atoms with E-state index < -0.39 is 6.36 Å². The van der Waals surface area contributed by atoms with Crippen molar-refractivity contribution in [3.63, 3.8) is 0 Å². The van der Waals surface area contributed by atoms with Crippen molar-refractivity contribution in [2.24, 2.45) is 12.5 Å². The van der Waals surface area contributed by atoms with E-state index in [1.807, 2.05) is 11.7 Å². The molecule has 0 aliphatic heterocycles. The molecule has 0 amide bonds. The largest absolute Gasteiger partial charge is 0.573 e. The Morgan fingerprint density at radius 3 is 2.37 bits per heavy atom. The minimum atomic E-state index is -4.71. The van der Waals surface area contributed by atoms with Gasteiger partial charge in [-0.1, -0.05) is 32.9 Å². The number of halogens is 3. The van der Waals surface area contributed by atoms with E-state index >= 15 is 0 Å². The van der Waals surface area contributed by atoms with Gasteiger partial charge in [-0.25, -0.2) is 4.68 Å². The van der Waals surface area contributed by atoms with Crippen LogP contribution in [0.4, 0.5) is 13.2 Å². The molecule has 2 aliphatic carbocycles. The van der Waals surface area contributed by atoms with Crippen molar-refractivity contribution < 1.29 is 17.9 Å². The van der Waals surface area contributed by atoms with Gasteiger partial charge in [0.15, 0.2) is 0 Å². The highest BCUT2D eigenvalue weighted by Gasteiger charge is 2.62. The lowest BCUT2D eigenvalue weighted by molar-refractivity contribution is -0.274. The first-order valence-electron chi connectivity index (χ1n) is 9.10. The molecule has 27 heavy (non-hydrogen) atoms. The van der Waals surface area contributed by atoms with Gasteiger partial charge in [0.05, 0.1) is 12.2 Å². The molecule has 2 atom stereocenters. The normalized spacial score (nSPS) is 25.7. The van der Waals surface area contributed by atoms with Gasteiger partial charge in [0.1, 0.15) is 5.75 Å². The summed E-state index contributed by atoms with van der Waals surface area (Å²) in [4.78, 5) is 13.1. The quantitative estimate of drug-likeness (QED) is 0.796. The molecule has 2 aromatic rings. The second kappa shape index (κ2) is 5.42. The van der Waals surface area contributed by atoms with E-state index in [1.54, 1.807) is 16.8 Å². The number of hydrogen-bond donors (Lipinski definition) is 0. The van der Waals surface area contributed by atoms with Gasteiger partial charge in [-0.2, -0.15) is 0 Å². The maximum atomic E-state index is 13.1. The molecule has 4 rings (SSSR count). The maximum Gasteiger partial charge on any atom is 0.573 e. The molecule has 0 radical (unpaired) electrons. The monoisotopic (exact) mass is 380 g/mol. The number of fused-ring (bicyclic) bond motifs is 5. The summed E-state index contributed by atoms with van der Waals surface area (Å²) in [5, 5.41) is 0. The number of hydrogen-bond acceptors (Lipinski definition) is 2. The summed E-state index contributed by atoms with van der Waals surface area (Å²) in [6.07, 6.45) is -2.61. The standard InChI is InChI=1S/C20H23F3N2O2/c1-18(2)14-9-10-19(18,3)16-15(14)17(26)25(24(16)4)11-12-5-7-13(8-6-12)27-20(21,22)23/h5-8,14H,9-11H2,1-4H3/t14?,19-/m0/s1. The molecule has 1 aromatic carbocycles. The average molecular weight is 380 g/mol. The SMILES string of the molecule is Cn1c2c(c(=O)n1Cc1ccc(OC(F)(F)F)cc1)C1CC[C@]2(C)C1(C)C. The number of ether oxygens (including phenoxy) is 1. The van der Waals surface area contributed by atoms with Crippen LogP contribution in [0, 0.1) is 5.41 Å². The molecule has 2 aliphatic rings. The molecule has 2 bridgehead atoms. The summed E-state index contributed by atoms with van der Waals surface area (Å²) in [5.74, 6) is 0.000268. The van der Waals surface area contributed by atoms with Crippen LogP contribution in [0.3, 0.4) is 0 Å². The Kier molecular flexibility index (Phi) is 3.66. The van der Waals surface area contributed by atoms with Gasteiger partial charge in [0.25, 0.3) is 5.56 Å². The number of benzene rings is 1. The van der Waals surface area contributed by atoms with Crippen molar-refractivity contribution in [2.75, 3.05) is 0 Å². The Hall–Kier alpha value is -2.18. The number of aromatic nitrogens is 2. The van der Waals surface area contributed by atoms with Crippen molar-refractivity contribution in [3.8, 4) is 5.75 Å². The molecule has 1 heterocycles. The maximum absolute atomic E-state index is 13.1. The minimum absolute atomic E-state index is 0.0182. The van der Waals surface area contributed by atoms with Crippen LogP contribution in [-0.2, 0) is 19.0 Å². The summed E-state index contributed by atoms with van der Waals surface area (Å²) in [7, 11) is 1.91. The van der Waals surface area contributed by atoms with Crippen LogP contribution < -0.4 is 10.3 Å². The predicted octanol–water partition coefficient (Wildman–Crippen LogP) is 4.31. The van der Waals surface area contributed by atoms with Crippen molar-refractivity contribution >= 4 is 0 Å². The first-order chi connectivity index (χ1) is 12.5. The highest BCUT2D eigenvalue weighted by atomic mass is 19.4. The summed E-state index contributed by atoms with van der Waals surface area (Å²) < 4.78 is 44.4. The van der Waals surface area contributed by atoms with Crippen LogP contribution in [0.1, 0.15) is 56.4 Å². The fraction of sp³-hybridized carbons (Fsp3) is 0.550. The third kappa shape index (κ3) is 2.47. The minimum Gasteiger partial charge on any atom is -0.406 e. The number of rotatable bonds is 3. The smallest absolute Gasteiger partial charge is 0.406 e. The molecule has 4 nitrogen and oxygen atoms in total. The fourth-order valence-electron chi connectivity index (χ4n) is 5.22. The first-order valence-corrected chi connectivity index (χ1v) is 9.10. The zero-order chi connectivity index (χ0) is 19.8. The Morgan fingerprint density at radius 2 is 1.81 bits per heavy atom. The highest BCUT2D eigenvalue weighted by molar-refractivity contribution is 5.45. The molecule has 1 aromatic heterocycles. The Bertz CT molecular complexity index is 953. The van der Waals surface area contributed by atoms with E-state index in [-0.39, 0.29) is 28.1 Å². The third-order valence-corrected chi connectivity index (χ3v) is 6.99. The highest BCUT2D eigenvalue weighted by Crippen LogP contribution is 2.66. The predicted molar refractivity (Wildman–Crippen MR) is 95.0 cm³/mol. The van der Waals surface area contributed by atoms with E-state index in [0.717, 1.165) is 29.7 Å². The van der Waals surface area contributed by atoms with E-state index in [2.05, 4.69) is 25.5 Å². The lowest BCUT2D eigenvalue weighted by atomic mass is 9.70. The van der Waals surface area contributed by atoms with E-state index in [0.29, 0.717) is 6.54 Å². The van der Waals surface area contributed by atoms with Gasteiger partial charge in [-0.3, -0.25) is 9.48 Å². The molecular formula is C20H23F3N2O2. The molecule has 0 spiro atoms. The molecule has 146 valence electrons. The third-order valence-electron chi connectivity index (χ3n) is 6.99. The lowest BCUT2D eigenvalue weighted by Gasteiger charge is -2.36. The first kappa shape index (κ1) is 18.2. The Labute approximate surface area is 155 Å². The van der Waals surface area contributed by atoms with Crippen molar-refractivity contribution in [1.82, 2.24) is 9.36 Å². The van der Waals surface area contributed by atoms with E-state index in [9.17, 15) is 18.0 Å². The van der Waals surface area contributed by atoms with Crippen LogP contribution in [0.2, 0.25) is 0 Å². The molecule has 0 saturated heterocycles. The van der Waals surface area contributed by atoms with Gasteiger partial charge in [-0.05, 0) is 41.9 Å². The molecule has 1 saturated carbocycles. The van der Waals surface area contributed by atoms with Gasteiger partial charge in [-0.15, -0.1) is 13.2 Å². The van der Waals surface area contributed by atoms with Gasteiger partial charge >= 0.3 is 6.36 Å². The zero-order valence-electron chi connectivity index (χ0n) is 15.9. The van der Waals surface area contributed by atoms with Crippen LogP contribution >= 0.6 is 0 Å². The van der Waals surface area contributed by atoms with Gasteiger partial charge in [0.2, 0.25) is 0 Å². The Morgan fingerprint density at radius 1 is 1.19 bits per heavy atom. The molecule has 0 N–H and O–H groups in total. The summed E-state index contributed by atoms with van der Waals surface area (Å²) in [5.41, 5.74) is 2.84. The topological polar surface area (TPSA) is 36.2 Å². The fourth-order valence-corrected chi connectivity index (χ4v) is 5.22. The van der Waals surface area contributed by atoms with E-state index in [1.165, 1.54) is 12.1 Å². The lowest BCUT2D eigenvalue weighted by Crippen LogP contribution is -2.35. The zero-order valence-corrected chi connectivity index (χ0v) is 15.9. The van der Waals surface area contributed by atoms with Crippen LogP contribution in [-0.4, -0.2) is 15.7 Å². The van der Waals surface area contributed by atoms with Crippen LogP contribution in [0.15, 0.2) is 29.1 Å². The second-order valence-electron chi connectivity index (χ2n) is 8.49. The van der Waals surface area contributed by atoms with E-state index in [4.69, 9.17) is 0 Å². The summed E-state index contributed by atoms with van der Waals surface area (Å²) in [6, 6.07) is 5.68. The molecule has 1 fully saturated rings. The molecule has 1 unspecified atom stereocenters.